The van der Waals surface area contributed by atoms with Gasteiger partial charge in [-0.25, -0.2) is 0 Å². The number of rotatable bonds is 4. The van der Waals surface area contributed by atoms with Crippen LogP contribution in [0.4, 0.5) is 0 Å². The molecule has 1 fully saturated rings. The summed E-state index contributed by atoms with van der Waals surface area (Å²) in [7, 11) is 2.22. The molecular formula is C16H25ClN2. The molecule has 0 radical (unpaired) electrons. The molecule has 0 amide bonds. The molecule has 1 atom stereocenters. The first-order chi connectivity index (χ1) is 9.22. The molecule has 0 aromatic heterocycles. The zero-order chi connectivity index (χ0) is 13.7. The van der Waals surface area contributed by atoms with Gasteiger partial charge in [0.25, 0.3) is 0 Å². The van der Waals surface area contributed by atoms with Crippen LogP contribution in [0, 0.1) is 0 Å². The fourth-order valence-corrected chi connectivity index (χ4v) is 3.37. The Kier molecular flexibility index (Phi) is 5.68. The Balaban J connectivity index is 2.11. The summed E-state index contributed by atoms with van der Waals surface area (Å²) in [5.74, 6) is 0. The average molecular weight is 281 g/mol. The van der Waals surface area contributed by atoms with Crippen LogP contribution < -0.4 is 5.73 Å². The molecule has 2 rings (SSSR count). The predicted octanol–water partition coefficient (Wildman–Crippen LogP) is 3.99. The van der Waals surface area contributed by atoms with Crippen molar-refractivity contribution in [1.29, 1.82) is 0 Å². The largest absolute Gasteiger partial charge is 0.329 e. The Hall–Kier alpha value is -0.570. The predicted molar refractivity (Wildman–Crippen MR) is 82.5 cm³/mol. The fourth-order valence-electron chi connectivity index (χ4n) is 3.17. The van der Waals surface area contributed by atoms with Crippen LogP contribution >= 0.6 is 11.6 Å². The second kappa shape index (κ2) is 7.28. The topological polar surface area (TPSA) is 29.3 Å². The van der Waals surface area contributed by atoms with Gasteiger partial charge in [0.15, 0.2) is 0 Å². The zero-order valence-corrected chi connectivity index (χ0v) is 12.6. The van der Waals surface area contributed by atoms with Gasteiger partial charge in [-0.2, -0.15) is 0 Å². The van der Waals surface area contributed by atoms with Crippen LogP contribution in [0.3, 0.4) is 0 Å². The van der Waals surface area contributed by atoms with Crippen LogP contribution in [0.1, 0.15) is 50.1 Å². The Bertz CT molecular complexity index is 386. The van der Waals surface area contributed by atoms with Gasteiger partial charge >= 0.3 is 0 Å². The molecule has 3 heteroatoms. The van der Waals surface area contributed by atoms with E-state index in [4.69, 9.17) is 17.3 Å². The molecule has 1 aliphatic rings. The number of hydrogen-bond acceptors (Lipinski definition) is 2. The molecule has 1 unspecified atom stereocenters. The molecule has 0 heterocycles. The lowest BCUT2D eigenvalue weighted by Crippen LogP contribution is -2.38. The van der Waals surface area contributed by atoms with Crippen molar-refractivity contribution < 1.29 is 0 Å². The molecule has 2 N–H and O–H groups in total. The quantitative estimate of drug-likeness (QED) is 0.845. The first-order valence-corrected chi connectivity index (χ1v) is 7.77. The minimum absolute atomic E-state index is 0.279. The third-order valence-corrected chi connectivity index (χ3v) is 4.58. The van der Waals surface area contributed by atoms with E-state index in [1.54, 1.807) is 0 Å². The van der Waals surface area contributed by atoms with Crippen molar-refractivity contribution in [2.75, 3.05) is 13.6 Å². The van der Waals surface area contributed by atoms with Crippen molar-refractivity contribution in [3.8, 4) is 0 Å². The van der Waals surface area contributed by atoms with Crippen molar-refractivity contribution in [3.63, 3.8) is 0 Å². The molecule has 1 aromatic carbocycles. The van der Waals surface area contributed by atoms with Gasteiger partial charge in [0.1, 0.15) is 0 Å². The van der Waals surface area contributed by atoms with Gasteiger partial charge in [0.05, 0.1) is 0 Å². The second-order valence-electron chi connectivity index (χ2n) is 5.62. The van der Waals surface area contributed by atoms with Gasteiger partial charge in [0, 0.05) is 23.7 Å². The van der Waals surface area contributed by atoms with Crippen LogP contribution in [0.25, 0.3) is 0 Å². The first-order valence-electron chi connectivity index (χ1n) is 7.40. The summed E-state index contributed by atoms with van der Waals surface area (Å²) >= 11 is 6.10. The molecule has 0 saturated heterocycles. The highest BCUT2D eigenvalue weighted by Gasteiger charge is 2.24. The van der Waals surface area contributed by atoms with Gasteiger partial charge in [-0.3, -0.25) is 4.90 Å². The van der Waals surface area contributed by atoms with E-state index in [0.29, 0.717) is 12.6 Å². The molecule has 2 nitrogen and oxygen atoms in total. The highest BCUT2D eigenvalue weighted by molar-refractivity contribution is 6.30. The lowest BCUT2D eigenvalue weighted by Gasteiger charge is -2.34. The van der Waals surface area contributed by atoms with Gasteiger partial charge in [-0.05, 0) is 37.6 Å². The van der Waals surface area contributed by atoms with Crippen molar-refractivity contribution in [2.24, 2.45) is 5.73 Å². The maximum absolute atomic E-state index is 6.10. The third-order valence-electron chi connectivity index (χ3n) is 4.35. The molecule has 0 bridgehead atoms. The Morgan fingerprint density at radius 1 is 1.26 bits per heavy atom. The Morgan fingerprint density at radius 3 is 2.53 bits per heavy atom. The third kappa shape index (κ3) is 3.95. The summed E-state index contributed by atoms with van der Waals surface area (Å²) < 4.78 is 0. The van der Waals surface area contributed by atoms with Gasteiger partial charge in [0.2, 0.25) is 0 Å². The molecule has 1 saturated carbocycles. The smallest absolute Gasteiger partial charge is 0.0470 e. The molecule has 19 heavy (non-hydrogen) atoms. The van der Waals surface area contributed by atoms with Crippen molar-refractivity contribution >= 4 is 11.6 Å². The van der Waals surface area contributed by atoms with E-state index in [-0.39, 0.29) is 6.04 Å². The monoisotopic (exact) mass is 280 g/mol. The number of likely N-dealkylation sites (N-methyl/N-ethyl adjacent to an activating group) is 1. The summed E-state index contributed by atoms with van der Waals surface area (Å²) in [4.78, 5) is 2.47. The number of nitrogens with zero attached hydrogens (tertiary/aromatic N) is 1. The summed E-state index contributed by atoms with van der Waals surface area (Å²) in [5.41, 5.74) is 7.25. The van der Waals surface area contributed by atoms with Crippen LogP contribution in [0.2, 0.25) is 5.02 Å². The summed E-state index contributed by atoms with van der Waals surface area (Å²) in [5, 5.41) is 0.796. The minimum Gasteiger partial charge on any atom is -0.329 e. The summed E-state index contributed by atoms with van der Waals surface area (Å²) in [6.07, 6.45) is 8.06. The highest BCUT2D eigenvalue weighted by Crippen LogP contribution is 2.28. The van der Waals surface area contributed by atoms with Crippen LogP contribution in [-0.4, -0.2) is 24.5 Å². The van der Waals surface area contributed by atoms with Crippen molar-refractivity contribution in [3.05, 3.63) is 34.9 Å². The van der Waals surface area contributed by atoms with E-state index < -0.39 is 0 Å². The van der Waals surface area contributed by atoms with Gasteiger partial charge in [-0.15, -0.1) is 0 Å². The molecule has 1 aromatic rings. The lowest BCUT2D eigenvalue weighted by atomic mass is 10.0. The van der Waals surface area contributed by atoms with E-state index in [1.165, 1.54) is 44.1 Å². The Labute approximate surface area is 121 Å². The van der Waals surface area contributed by atoms with Crippen molar-refractivity contribution in [1.82, 2.24) is 4.90 Å². The van der Waals surface area contributed by atoms with Crippen LogP contribution in [-0.2, 0) is 0 Å². The molecular weight excluding hydrogens is 256 g/mol. The normalized spacial score (nSPS) is 19.4. The second-order valence-corrected chi connectivity index (χ2v) is 6.05. The molecule has 0 spiro atoms. The summed E-state index contributed by atoms with van der Waals surface area (Å²) in [6, 6.07) is 9.06. The first kappa shape index (κ1) is 14.8. The SMILES string of the molecule is CN(C1CCCCCC1)C(CN)c1cccc(Cl)c1. The van der Waals surface area contributed by atoms with Crippen LogP contribution in [0.15, 0.2) is 24.3 Å². The Morgan fingerprint density at radius 2 is 1.95 bits per heavy atom. The minimum atomic E-state index is 0.279. The highest BCUT2D eigenvalue weighted by atomic mass is 35.5. The molecule has 0 aliphatic heterocycles. The maximum atomic E-state index is 6.10. The van der Waals surface area contributed by atoms with Crippen LogP contribution in [0.5, 0.6) is 0 Å². The number of hydrogen-bond donors (Lipinski definition) is 1. The van der Waals surface area contributed by atoms with E-state index in [1.807, 2.05) is 18.2 Å². The van der Waals surface area contributed by atoms with E-state index in [9.17, 15) is 0 Å². The lowest BCUT2D eigenvalue weighted by molar-refractivity contribution is 0.161. The van der Waals surface area contributed by atoms with E-state index in [0.717, 1.165) is 5.02 Å². The van der Waals surface area contributed by atoms with Gasteiger partial charge in [-0.1, -0.05) is 49.4 Å². The number of nitrogens with two attached hydrogens (primary N) is 1. The standard InChI is InChI=1S/C16H25ClN2/c1-19(15-9-4-2-3-5-10-15)16(12-18)13-7-6-8-14(17)11-13/h6-8,11,15-16H,2-5,9-10,12,18H2,1H3. The van der Waals surface area contributed by atoms with Gasteiger partial charge < -0.3 is 5.73 Å². The van der Waals surface area contributed by atoms with E-state index >= 15 is 0 Å². The maximum Gasteiger partial charge on any atom is 0.0470 e. The number of halogens is 1. The molecule has 106 valence electrons. The average Bonchev–Trinajstić information content (AvgIpc) is 2.68. The van der Waals surface area contributed by atoms with E-state index in [2.05, 4.69) is 18.0 Å². The van der Waals surface area contributed by atoms with Crippen molar-refractivity contribution in [2.45, 2.75) is 50.6 Å². The number of benzene rings is 1. The fraction of sp³-hybridized carbons (Fsp3) is 0.625. The zero-order valence-electron chi connectivity index (χ0n) is 11.8. The summed E-state index contributed by atoms with van der Waals surface area (Å²) in [6.45, 7) is 0.646. The molecule has 1 aliphatic carbocycles.